The highest BCUT2D eigenvalue weighted by Crippen LogP contribution is 2.19. The second-order valence-electron chi connectivity index (χ2n) is 5.28. The van der Waals surface area contributed by atoms with Gasteiger partial charge in [-0.3, -0.25) is 9.69 Å². The SMILES string of the molecule is COc1ccc(/C=C2\NC(=O)N(Cc3ccc(Cl)cc3)C2=O)cc1. The minimum absolute atomic E-state index is 0.196. The van der Waals surface area contributed by atoms with Crippen LogP contribution < -0.4 is 10.1 Å². The first-order valence-electron chi connectivity index (χ1n) is 7.30. The summed E-state index contributed by atoms with van der Waals surface area (Å²) in [6.07, 6.45) is 1.64. The lowest BCUT2D eigenvalue weighted by molar-refractivity contribution is -0.123. The fourth-order valence-corrected chi connectivity index (χ4v) is 2.48. The summed E-state index contributed by atoms with van der Waals surface area (Å²) in [5.74, 6) is 0.370. The van der Waals surface area contributed by atoms with Crippen molar-refractivity contribution in [3.05, 3.63) is 70.4 Å². The molecule has 1 N–H and O–H groups in total. The zero-order valence-electron chi connectivity index (χ0n) is 13.0. The number of carbonyl (C=O) groups is 2. The van der Waals surface area contributed by atoms with E-state index in [-0.39, 0.29) is 18.1 Å². The van der Waals surface area contributed by atoms with Crippen LogP contribution >= 0.6 is 11.6 Å². The van der Waals surface area contributed by atoms with Gasteiger partial charge >= 0.3 is 6.03 Å². The van der Waals surface area contributed by atoms with Crippen LogP contribution in [0, 0.1) is 0 Å². The minimum Gasteiger partial charge on any atom is -0.497 e. The van der Waals surface area contributed by atoms with Crippen molar-refractivity contribution in [2.45, 2.75) is 6.54 Å². The van der Waals surface area contributed by atoms with E-state index in [9.17, 15) is 9.59 Å². The molecule has 1 fully saturated rings. The molecular formula is C18H15ClN2O3. The number of rotatable bonds is 4. The Hall–Kier alpha value is -2.79. The average Bonchev–Trinajstić information content (AvgIpc) is 2.85. The molecule has 0 unspecified atom stereocenters. The van der Waals surface area contributed by atoms with Crippen molar-refractivity contribution >= 4 is 29.6 Å². The van der Waals surface area contributed by atoms with Crippen LogP contribution in [0.2, 0.25) is 5.02 Å². The van der Waals surface area contributed by atoms with Crippen LogP contribution in [0.4, 0.5) is 4.79 Å². The van der Waals surface area contributed by atoms with E-state index in [2.05, 4.69) is 5.32 Å². The van der Waals surface area contributed by atoms with Crippen LogP contribution in [0.1, 0.15) is 11.1 Å². The van der Waals surface area contributed by atoms with Gasteiger partial charge in [0.05, 0.1) is 13.7 Å². The van der Waals surface area contributed by atoms with Crippen LogP contribution in [0.3, 0.4) is 0 Å². The Bertz CT molecular complexity index is 798. The van der Waals surface area contributed by atoms with E-state index < -0.39 is 6.03 Å². The molecule has 0 aromatic heterocycles. The summed E-state index contributed by atoms with van der Waals surface area (Å²) in [4.78, 5) is 25.7. The number of hydrogen-bond acceptors (Lipinski definition) is 3. The van der Waals surface area contributed by atoms with Gasteiger partial charge in [-0.05, 0) is 41.5 Å². The normalized spacial score (nSPS) is 15.8. The second-order valence-corrected chi connectivity index (χ2v) is 5.72. The Kier molecular flexibility index (Phi) is 4.53. The summed E-state index contributed by atoms with van der Waals surface area (Å²) in [7, 11) is 1.59. The van der Waals surface area contributed by atoms with Crippen LogP contribution in [-0.4, -0.2) is 23.9 Å². The van der Waals surface area contributed by atoms with Crippen molar-refractivity contribution in [2.24, 2.45) is 0 Å². The predicted molar refractivity (Wildman–Crippen MR) is 91.5 cm³/mol. The van der Waals surface area contributed by atoms with Crippen LogP contribution in [0.15, 0.2) is 54.2 Å². The lowest BCUT2D eigenvalue weighted by Gasteiger charge is -2.11. The molecule has 0 atom stereocenters. The van der Waals surface area contributed by atoms with Gasteiger partial charge < -0.3 is 10.1 Å². The zero-order chi connectivity index (χ0) is 17.1. The van der Waals surface area contributed by atoms with Gasteiger partial charge in [0.1, 0.15) is 11.4 Å². The Morgan fingerprint density at radius 1 is 1.08 bits per heavy atom. The van der Waals surface area contributed by atoms with Crippen LogP contribution in [0.5, 0.6) is 5.75 Å². The van der Waals surface area contributed by atoms with Crippen LogP contribution in [0.25, 0.3) is 6.08 Å². The molecule has 0 saturated carbocycles. The zero-order valence-corrected chi connectivity index (χ0v) is 13.7. The quantitative estimate of drug-likeness (QED) is 0.684. The summed E-state index contributed by atoms with van der Waals surface area (Å²) >= 11 is 5.84. The number of nitrogens with zero attached hydrogens (tertiary/aromatic N) is 1. The third kappa shape index (κ3) is 3.41. The topological polar surface area (TPSA) is 58.6 Å². The molecule has 1 heterocycles. The molecule has 0 bridgehead atoms. The van der Waals surface area contributed by atoms with Gasteiger partial charge in [0.2, 0.25) is 0 Å². The van der Waals surface area contributed by atoms with Gasteiger partial charge in [-0.2, -0.15) is 0 Å². The van der Waals surface area contributed by atoms with E-state index in [1.165, 1.54) is 4.90 Å². The van der Waals surface area contributed by atoms with Gasteiger partial charge in [0.25, 0.3) is 5.91 Å². The highest BCUT2D eigenvalue weighted by atomic mass is 35.5. The summed E-state index contributed by atoms with van der Waals surface area (Å²) < 4.78 is 5.09. The van der Waals surface area contributed by atoms with Crippen LogP contribution in [-0.2, 0) is 11.3 Å². The Labute approximate surface area is 144 Å². The Morgan fingerprint density at radius 2 is 1.75 bits per heavy atom. The number of methoxy groups -OCH3 is 1. The third-order valence-electron chi connectivity index (χ3n) is 3.64. The van der Waals surface area contributed by atoms with Crippen molar-refractivity contribution in [2.75, 3.05) is 7.11 Å². The number of urea groups is 1. The number of benzene rings is 2. The van der Waals surface area contributed by atoms with E-state index in [4.69, 9.17) is 16.3 Å². The summed E-state index contributed by atoms with van der Waals surface area (Å²) in [6.45, 7) is 0.196. The predicted octanol–water partition coefficient (Wildman–Crippen LogP) is 3.44. The minimum atomic E-state index is -0.435. The maximum Gasteiger partial charge on any atom is 0.329 e. The first kappa shape index (κ1) is 16.1. The van der Waals surface area contributed by atoms with Gasteiger partial charge in [-0.15, -0.1) is 0 Å². The number of amides is 3. The summed E-state index contributed by atoms with van der Waals surface area (Å²) in [6, 6.07) is 13.8. The molecule has 0 spiro atoms. The fourth-order valence-electron chi connectivity index (χ4n) is 2.35. The maximum absolute atomic E-state index is 12.4. The first-order valence-corrected chi connectivity index (χ1v) is 7.67. The molecule has 3 amide bonds. The number of ether oxygens (including phenoxy) is 1. The highest BCUT2D eigenvalue weighted by molar-refractivity contribution is 6.30. The van der Waals surface area contributed by atoms with E-state index in [1.807, 2.05) is 12.1 Å². The second kappa shape index (κ2) is 6.76. The van der Waals surface area contributed by atoms with E-state index in [0.29, 0.717) is 5.02 Å². The average molecular weight is 343 g/mol. The van der Waals surface area contributed by atoms with Crippen molar-refractivity contribution in [1.29, 1.82) is 0 Å². The van der Waals surface area contributed by atoms with Crippen molar-refractivity contribution in [1.82, 2.24) is 10.2 Å². The lowest BCUT2D eigenvalue weighted by atomic mass is 10.1. The number of imide groups is 1. The largest absolute Gasteiger partial charge is 0.497 e. The molecule has 2 aromatic carbocycles. The molecular weight excluding hydrogens is 328 g/mol. The van der Waals surface area contributed by atoms with E-state index in [1.54, 1.807) is 49.6 Å². The van der Waals surface area contributed by atoms with Crippen molar-refractivity contribution in [3.63, 3.8) is 0 Å². The van der Waals surface area contributed by atoms with Crippen molar-refractivity contribution < 1.29 is 14.3 Å². The lowest BCUT2D eigenvalue weighted by Crippen LogP contribution is -2.30. The van der Waals surface area contributed by atoms with Gasteiger partial charge in [0, 0.05) is 5.02 Å². The van der Waals surface area contributed by atoms with Gasteiger partial charge in [-0.1, -0.05) is 35.9 Å². The van der Waals surface area contributed by atoms with E-state index >= 15 is 0 Å². The maximum atomic E-state index is 12.4. The number of halogens is 1. The van der Waals surface area contributed by atoms with Gasteiger partial charge in [-0.25, -0.2) is 4.79 Å². The first-order chi connectivity index (χ1) is 11.6. The molecule has 122 valence electrons. The molecule has 24 heavy (non-hydrogen) atoms. The molecule has 2 aromatic rings. The number of carbonyl (C=O) groups excluding carboxylic acids is 2. The Balaban J connectivity index is 1.77. The molecule has 1 aliphatic rings. The molecule has 6 heteroatoms. The van der Waals surface area contributed by atoms with Gasteiger partial charge in [0.15, 0.2) is 0 Å². The molecule has 1 aliphatic heterocycles. The number of nitrogens with one attached hydrogen (secondary N) is 1. The monoisotopic (exact) mass is 342 g/mol. The summed E-state index contributed by atoms with van der Waals surface area (Å²) in [5.41, 5.74) is 1.88. The van der Waals surface area contributed by atoms with Crippen molar-refractivity contribution in [3.8, 4) is 5.75 Å². The van der Waals surface area contributed by atoms with E-state index in [0.717, 1.165) is 16.9 Å². The molecule has 1 saturated heterocycles. The molecule has 0 radical (unpaired) electrons. The molecule has 3 rings (SSSR count). The highest BCUT2D eigenvalue weighted by Gasteiger charge is 2.33. The third-order valence-corrected chi connectivity index (χ3v) is 3.90. The number of hydrogen-bond donors (Lipinski definition) is 1. The standard InChI is InChI=1S/C18H15ClN2O3/c1-24-15-8-4-12(5-9-15)10-16-17(22)21(18(23)20-16)11-13-2-6-14(19)7-3-13/h2-10H,11H2,1H3,(H,20,23)/b16-10-. The Morgan fingerprint density at radius 3 is 2.38 bits per heavy atom. The fraction of sp³-hybridized carbons (Fsp3) is 0.111. The molecule has 0 aliphatic carbocycles. The summed E-state index contributed by atoms with van der Waals surface area (Å²) in [5, 5.41) is 3.21. The molecule has 5 nitrogen and oxygen atoms in total. The smallest absolute Gasteiger partial charge is 0.329 e.